The van der Waals surface area contributed by atoms with E-state index in [-0.39, 0.29) is 18.3 Å². The summed E-state index contributed by atoms with van der Waals surface area (Å²) in [6, 6.07) is 9.44. The van der Waals surface area contributed by atoms with E-state index in [4.69, 9.17) is 0 Å². The summed E-state index contributed by atoms with van der Waals surface area (Å²) in [5, 5.41) is 0. The second kappa shape index (κ2) is 5.43. The number of hydrogen-bond donors (Lipinski definition) is 2. The predicted molar refractivity (Wildman–Crippen MR) is 51.1 cm³/mol. The number of para-hydroxylation sites is 1. The van der Waals surface area contributed by atoms with Crippen molar-refractivity contribution in [2.75, 3.05) is 5.43 Å². The Bertz CT molecular complexity index is 238. The standard InChI is InChI=1S/C8H10N2O.ClH/c1-7(11)9-10-8-5-3-2-4-6-8;/h2-6,10H,1H3,(H,9,11);1H. The van der Waals surface area contributed by atoms with E-state index < -0.39 is 0 Å². The zero-order valence-corrected chi connectivity index (χ0v) is 7.52. The lowest BCUT2D eigenvalue weighted by Gasteiger charge is -2.04. The van der Waals surface area contributed by atoms with Crippen LogP contribution >= 0.6 is 12.4 Å². The molecule has 66 valence electrons. The highest BCUT2D eigenvalue weighted by molar-refractivity contribution is 5.85. The van der Waals surface area contributed by atoms with Gasteiger partial charge in [-0.05, 0) is 12.1 Å². The number of carbonyl (C=O) groups excluding carboxylic acids is 1. The molecule has 4 heteroatoms. The van der Waals surface area contributed by atoms with Gasteiger partial charge in [0.15, 0.2) is 0 Å². The van der Waals surface area contributed by atoms with E-state index in [1.807, 2.05) is 30.3 Å². The van der Waals surface area contributed by atoms with E-state index in [9.17, 15) is 4.79 Å². The molecule has 3 nitrogen and oxygen atoms in total. The van der Waals surface area contributed by atoms with Crippen LogP contribution in [0.5, 0.6) is 0 Å². The largest absolute Gasteiger partial charge is 0.299 e. The Hall–Kier alpha value is -1.22. The smallest absolute Gasteiger partial charge is 0.235 e. The van der Waals surface area contributed by atoms with Crippen molar-refractivity contribution in [3.63, 3.8) is 0 Å². The topological polar surface area (TPSA) is 41.1 Å². The number of rotatable bonds is 2. The lowest BCUT2D eigenvalue weighted by atomic mass is 10.3. The first-order valence-corrected chi connectivity index (χ1v) is 3.36. The average Bonchev–Trinajstić information content (AvgIpc) is 2.03. The number of benzene rings is 1. The van der Waals surface area contributed by atoms with Gasteiger partial charge in [0, 0.05) is 6.92 Å². The Morgan fingerprint density at radius 1 is 1.25 bits per heavy atom. The predicted octanol–water partition coefficient (Wildman–Crippen LogP) is 1.57. The first-order chi connectivity index (χ1) is 5.29. The Balaban J connectivity index is 0.00000121. The summed E-state index contributed by atoms with van der Waals surface area (Å²) >= 11 is 0. The van der Waals surface area contributed by atoms with Crippen LogP contribution in [0.3, 0.4) is 0 Å². The summed E-state index contributed by atoms with van der Waals surface area (Å²) < 4.78 is 0. The highest BCUT2D eigenvalue weighted by Crippen LogP contribution is 2.01. The lowest BCUT2D eigenvalue weighted by molar-refractivity contribution is -0.118. The van der Waals surface area contributed by atoms with Crippen molar-refractivity contribution in [3.8, 4) is 0 Å². The molecule has 1 aromatic rings. The van der Waals surface area contributed by atoms with Crippen molar-refractivity contribution in [2.24, 2.45) is 0 Å². The minimum absolute atomic E-state index is 0. The van der Waals surface area contributed by atoms with Crippen molar-refractivity contribution in [3.05, 3.63) is 30.3 Å². The van der Waals surface area contributed by atoms with Gasteiger partial charge in [0.25, 0.3) is 0 Å². The highest BCUT2D eigenvalue weighted by Gasteiger charge is 1.88. The van der Waals surface area contributed by atoms with Crippen molar-refractivity contribution >= 4 is 24.0 Å². The third-order valence-corrected chi connectivity index (χ3v) is 1.16. The second-order valence-electron chi connectivity index (χ2n) is 2.17. The minimum atomic E-state index is -0.103. The highest BCUT2D eigenvalue weighted by atomic mass is 35.5. The quantitative estimate of drug-likeness (QED) is 0.689. The zero-order valence-electron chi connectivity index (χ0n) is 6.70. The number of hydrazine groups is 1. The molecule has 0 radical (unpaired) electrons. The molecule has 1 amide bonds. The molecular formula is C8H11ClN2O. The maximum absolute atomic E-state index is 10.4. The summed E-state index contributed by atoms with van der Waals surface area (Å²) in [4.78, 5) is 10.4. The fourth-order valence-corrected chi connectivity index (χ4v) is 0.682. The fraction of sp³-hybridized carbons (Fsp3) is 0.125. The molecule has 0 spiro atoms. The fourth-order valence-electron chi connectivity index (χ4n) is 0.682. The molecule has 0 fully saturated rings. The Morgan fingerprint density at radius 3 is 2.33 bits per heavy atom. The van der Waals surface area contributed by atoms with Gasteiger partial charge in [-0.25, -0.2) is 0 Å². The van der Waals surface area contributed by atoms with Crippen molar-refractivity contribution in [1.82, 2.24) is 5.43 Å². The van der Waals surface area contributed by atoms with Gasteiger partial charge in [-0.3, -0.25) is 15.6 Å². The monoisotopic (exact) mass is 186 g/mol. The molecule has 0 aliphatic rings. The maximum atomic E-state index is 10.4. The van der Waals surface area contributed by atoms with Crippen LogP contribution in [0.1, 0.15) is 6.92 Å². The molecule has 0 unspecified atom stereocenters. The Kier molecular flexibility index (Phi) is 4.88. The Labute approximate surface area is 77.5 Å². The van der Waals surface area contributed by atoms with Crippen LogP contribution in [0.25, 0.3) is 0 Å². The number of carbonyl (C=O) groups is 1. The van der Waals surface area contributed by atoms with Crippen molar-refractivity contribution in [1.29, 1.82) is 0 Å². The van der Waals surface area contributed by atoms with Crippen molar-refractivity contribution < 1.29 is 4.79 Å². The van der Waals surface area contributed by atoms with Gasteiger partial charge in [-0.2, -0.15) is 0 Å². The summed E-state index contributed by atoms with van der Waals surface area (Å²) in [6.07, 6.45) is 0. The van der Waals surface area contributed by atoms with E-state index in [0.717, 1.165) is 5.69 Å². The van der Waals surface area contributed by atoms with Gasteiger partial charge in [0.1, 0.15) is 0 Å². The van der Waals surface area contributed by atoms with Gasteiger partial charge < -0.3 is 0 Å². The number of anilines is 1. The van der Waals surface area contributed by atoms with Crippen LogP contribution < -0.4 is 10.9 Å². The first kappa shape index (κ1) is 10.8. The normalized spacial score (nSPS) is 8.08. The van der Waals surface area contributed by atoms with Crippen LogP contribution in [0.2, 0.25) is 0 Å². The number of amides is 1. The molecule has 0 saturated heterocycles. The average molecular weight is 187 g/mol. The second-order valence-corrected chi connectivity index (χ2v) is 2.17. The molecule has 0 aliphatic carbocycles. The van der Waals surface area contributed by atoms with E-state index in [2.05, 4.69) is 10.9 Å². The molecule has 0 bridgehead atoms. The summed E-state index contributed by atoms with van der Waals surface area (Å²) in [6.45, 7) is 1.45. The van der Waals surface area contributed by atoms with Gasteiger partial charge in [-0.1, -0.05) is 18.2 Å². The number of nitrogens with one attached hydrogen (secondary N) is 2. The van der Waals surface area contributed by atoms with Crippen LogP contribution in [0, 0.1) is 0 Å². The molecule has 12 heavy (non-hydrogen) atoms. The van der Waals surface area contributed by atoms with Crippen LogP contribution in [-0.4, -0.2) is 5.91 Å². The summed E-state index contributed by atoms with van der Waals surface area (Å²) in [7, 11) is 0. The van der Waals surface area contributed by atoms with E-state index in [1.165, 1.54) is 6.92 Å². The van der Waals surface area contributed by atoms with Gasteiger partial charge >= 0.3 is 0 Å². The third-order valence-electron chi connectivity index (χ3n) is 1.16. The first-order valence-electron chi connectivity index (χ1n) is 3.36. The lowest BCUT2D eigenvalue weighted by Crippen LogP contribution is -2.26. The summed E-state index contributed by atoms with van der Waals surface area (Å²) in [5.74, 6) is -0.103. The maximum Gasteiger partial charge on any atom is 0.235 e. The Morgan fingerprint density at radius 2 is 1.83 bits per heavy atom. The van der Waals surface area contributed by atoms with Gasteiger partial charge in [0.05, 0.1) is 5.69 Å². The molecule has 0 heterocycles. The van der Waals surface area contributed by atoms with Crippen LogP contribution in [0.15, 0.2) is 30.3 Å². The number of hydrogen-bond acceptors (Lipinski definition) is 2. The number of halogens is 1. The van der Waals surface area contributed by atoms with Crippen molar-refractivity contribution in [2.45, 2.75) is 6.92 Å². The van der Waals surface area contributed by atoms with E-state index in [0.29, 0.717) is 0 Å². The SMILES string of the molecule is CC(=O)NNc1ccccc1.Cl. The molecule has 0 atom stereocenters. The molecule has 1 aromatic carbocycles. The van der Waals surface area contributed by atoms with Crippen LogP contribution in [-0.2, 0) is 4.79 Å². The van der Waals surface area contributed by atoms with E-state index >= 15 is 0 Å². The third kappa shape index (κ3) is 3.83. The molecule has 0 aromatic heterocycles. The van der Waals surface area contributed by atoms with Gasteiger partial charge in [0.2, 0.25) is 5.91 Å². The minimum Gasteiger partial charge on any atom is -0.299 e. The van der Waals surface area contributed by atoms with Gasteiger partial charge in [-0.15, -0.1) is 12.4 Å². The van der Waals surface area contributed by atoms with E-state index in [1.54, 1.807) is 0 Å². The summed E-state index contributed by atoms with van der Waals surface area (Å²) in [5.41, 5.74) is 6.09. The molecule has 1 rings (SSSR count). The molecular weight excluding hydrogens is 176 g/mol. The van der Waals surface area contributed by atoms with Crippen LogP contribution in [0.4, 0.5) is 5.69 Å². The molecule has 0 saturated carbocycles. The zero-order chi connectivity index (χ0) is 8.10. The molecule has 2 N–H and O–H groups in total. The molecule has 0 aliphatic heterocycles.